The summed E-state index contributed by atoms with van der Waals surface area (Å²) in [4.78, 5) is 29.2. The quantitative estimate of drug-likeness (QED) is 0.490. The van der Waals surface area contributed by atoms with Crippen LogP contribution in [0.4, 0.5) is 14.5 Å². The molecule has 0 radical (unpaired) electrons. The molecule has 0 bridgehead atoms. The summed E-state index contributed by atoms with van der Waals surface area (Å²) in [6.45, 7) is 0. The molecule has 1 amide bonds. The second-order valence-corrected chi connectivity index (χ2v) is 7.67. The Bertz CT molecular complexity index is 1010. The molecule has 130 valence electrons. The van der Waals surface area contributed by atoms with Crippen molar-refractivity contribution >= 4 is 60.8 Å². The summed E-state index contributed by atoms with van der Waals surface area (Å²) in [6, 6.07) is 3.44. The zero-order valence-electron chi connectivity index (χ0n) is 12.7. The van der Waals surface area contributed by atoms with Crippen LogP contribution in [0.15, 0.2) is 38.0 Å². The fourth-order valence-electron chi connectivity index (χ4n) is 2.08. The molecule has 10 heteroatoms. The maximum atomic E-state index is 13.7. The number of amides is 1. The summed E-state index contributed by atoms with van der Waals surface area (Å²) >= 11 is 5.40. The summed E-state index contributed by atoms with van der Waals surface area (Å²) in [5.74, 6) is -2.21. The maximum absolute atomic E-state index is 13.7. The number of nitrogens with one attached hydrogen (secondary N) is 1. The van der Waals surface area contributed by atoms with Crippen molar-refractivity contribution in [2.24, 2.45) is 7.05 Å². The molecule has 0 unspecified atom stereocenters. The van der Waals surface area contributed by atoms with Gasteiger partial charge in [0.15, 0.2) is 11.0 Å². The van der Waals surface area contributed by atoms with Gasteiger partial charge in [0.25, 0.3) is 5.56 Å². The molecule has 5 nitrogen and oxygen atoms in total. The highest BCUT2D eigenvalue weighted by Crippen LogP contribution is 2.27. The first-order valence-electron chi connectivity index (χ1n) is 6.88. The summed E-state index contributed by atoms with van der Waals surface area (Å²) in [5.41, 5.74) is -0.330. The lowest BCUT2D eigenvalue weighted by Crippen LogP contribution is -2.21. The average Bonchev–Trinajstić information content (AvgIpc) is 3.01. The average molecular weight is 446 g/mol. The summed E-state index contributed by atoms with van der Waals surface area (Å²) in [5, 5.41) is 5.06. The second kappa shape index (κ2) is 7.22. The van der Waals surface area contributed by atoms with Crippen molar-refractivity contribution in [3.05, 3.63) is 50.0 Å². The molecule has 2 heterocycles. The minimum absolute atomic E-state index is 0.0829. The molecule has 2 aromatic heterocycles. The van der Waals surface area contributed by atoms with Crippen molar-refractivity contribution in [2.45, 2.75) is 5.16 Å². The third-order valence-electron chi connectivity index (χ3n) is 3.27. The van der Waals surface area contributed by atoms with Crippen molar-refractivity contribution in [1.82, 2.24) is 9.55 Å². The van der Waals surface area contributed by atoms with Gasteiger partial charge in [-0.1, -0.05) is 11.8 Å². The van der Waals surface area contributed by atoms with Gasteiger partial charge in [-0.25, -0.2) is 13.8 Å². The van der Waals surface area contributed by atoms with Gasteiger partial charge < -0.3 is 5.32 Å². The van der Waals surface area contributed by atoms with Gasteiger partial charge in [0.2, 0.25) is 5.91 Å². The molecule has 3 aromatic rings. The Kier molecular flexibility index (Phi) is 5.21. The number of hydrogen-bond donors (Lipinski definition) is 1. The Morgan fingerprint density at radius 3 is 2.92 bits per heavy atom. The molecule has 1 N–H and O–H groups in total. The first-order chi connectivity index (χ1) is 11.9. The number of nitrogens with zero attached hydrogens (tertiary/aromatic N) is 2. The third-order valence-corrected chi connectivity index (χ3v) is 5.73. The van der Waals surface area contributed by atoms with Gasteiger partial charge in [-0.3, -0.25) is 14.2 Å². The van der Waals surface area contributed by atoms with E-state index in [0.717, 1.165) is 17.8 Å². The van der Waals surface area contributed by atoms with Crippen LogP contribution in [0.3, 0.4) is 0 Å². The number of halogens is 3. The number of thioether (sulfide) groups is 1. The van der Waals surface area contributed by atoms with Crippen LogP contribution in [0.5, 0.6) is 0 Å². The van der Waals surface area contributed by atoms with Crippen LogP contribution in [-0.4, -0.2) is 21.2 Å². The highest BCUT2D eigenvalue weighted by Gasteiger charge is 2.15. The molecule has 0 fully saturated rings. The van der Waals surface area contributed by atoms with Gasteiger partial charge >= 0.3 is 0 Å². The summed E-state index contributed by atoms with van der Waals surface area (Å²) in [6.07, 6.45) is 0. The lowest BCUT2D eigenvalue weighted by molar-refractivity contribution is -0.113. The van der Waals surface area contributed by atoms with Gasteiger partial charge in [-0.15, -0.1) is 11.3 Å². The van der Waals surface area contributed by atoms with Gasteiger partial charge in [0.1, 0.15) is 10.6 Å². The Hall–Kier alpha value is -1.78. The number of anilines is 1. The Balaban J connectivity index is 1.75. The topological polar surface area (TPSA) is 64.0 Å². The predicted octanol–water partition coefficient (Wildman–Crippen LogP) is 3.77. The predicted molar refractivity (Wildman–Crippen MR) is 98.3 cm³/mol. The van der Waals surface area contributed by atoms with Crippen LogP contribution in [-0.2, 0) is 11.8 Å². The van der Waals surface area contributed by atoms with Crippen LogP contribution in [0.1, 0.15) is 0 Å². The van der Waals surface area contributed by atoms with E-state index in [4.69, 9.17) is 0 Å². The lowest BCUT2D eigenvalue weighted by Gasteiger charge is -2.10. The van der Waals surface area contributed by atoms with Gasteiger partial charge in [-0.2, -0.15) is 0 Å². The van der Waals surface area contributed by atoms with E-state index < -0.39 is 17.5 Å². The molecule has 25 heavy (non-hydrogen) atoms. The number of thiophene rings is 1. The van der Waals surface area contributed by atoms with E-state index in [-0.39, 0.29) is 21.5 Å². The van der Waals surface area contributed by atoms with Crippen LogP contribution in [0.25, 0.3) is 10.2 Å². The van der Waals surface area contributed by atoms with E-state index in [1.807, 2.05) is 0 Å². The number of rotatable bonds is 4. The molecule has 0 aliphatic rings. The van der Waals surface area contributed by atoms with E-state index in [9.17, 15) is 18.4 Å². The van der Waals surface area contributed by atoms with Crippen LogP contribution >= 0.6 is 39.0 Å². The fourth-order valence-corrected chi connectivity index (χ4v) is 4.16. The number of benzene rings is 1. The van der Waals surface area contributed by atoms with Crippen molar-refractivity contribution in [1.29, 1.82) is 0 Å². The molecule has 0 aliphatic heterocycles. The Morgan fingerprint density at radius 2 is 2.20 bits per heavy atom. The lowest BCUT2D eigenvalue weighted by atomic mass is 10.3. The third kappa shape index (κ3) is 3.75. The minimum Gasteiger partial charge on any atom is -0.322 e. The van der Waals surface area contributed by atoms with Crippen LogP contribution in [0, 0.1) is 11.6 Å². The van der Waals surface area contributed by atoms with E-state index >= 15 is 0 Å². The number of aromatic nitrogens is 2. The van der Waals surface area contributed by atoms with Crippen molar-refractivity contribution in [3.8, 4) is 0 Å². The van der Waals surface area contributed by atoms with Gasteiger partial charge in [0.05, 0.1) is 16.8 Å². The SMILES string of the molecule is Cn1c(SCC(=O)Nc2c(F)cc(F)cc2Br)nc2sccc2c1=O. The zero-order chi connectivity index (χ0) is 18.1. The van der Waals surface area contributed by atoms with Crippen LogP contribution < -0.4 is 10.9 Å². The first kappa shape index (κ1) is 18.0. The fraction of sp³-hybridized carbons (Fsp3) is 0.133. The Labute approximate surface area is 157 Å². The van der Waals surface area contributed by atoms with Crippen molar-refractivity contribution in [2.75, 3.05) is 11.1 Å². The largest absolute Gasteiger partial charge is 0.322 e. The second-order valence-electron chi connectivity index (χ2n) is 4.98. The highest BCUT2D eigenvalue weighted by atomic mass is 79.9. The van der Waals surface area contributed by atoms with Crippen LogP contribution in [0.2, 0.25) is 0 Å². The molecular weight excluding hydrogens is 436 g/mol. The number of hydrogen-bond acceptors (Lipinski definition) is 5. The smallest absolute Gasteiger partial charge is 0.262 e. The molecular formula is C15H10BrF2N3O2S2. The number of fused-ring (bicyclic) bond motifs is 1. The number of carbonyl (C=O) groups is 1. The zero-order valence-corrected chi connectivity index (χ0v) is 15.9. The first-order valence-corrected chi connectivity index (χ1v) is 9.54. The maximum Gasteiger partial charge on any atom is 0.262 e. The standard InChI is InChI=1S/C15H10BrF2N3O2S2/c1-21-14(23)8-2-3-24-13(8)20-15(21)25-6-11(22)19-12-9(16)4-7(17)5-10(12)18/h2-5H,6H2,1H3,(H,19,22). The monoisotopic (exact) mass is 445 g/mol. The summed E-state index contributed by atoms with van der Waals surface area (Å²) in [7, 11) is 1.57. The molecule has 3 rings (SSSR count). The van der Waals surface area contributed by atoms with Crippen molar-refractivity contribution < 1.29 is 13.6 Å². The molecule has 0 saturated carbocycles. The van der Waals surface area contributed by atoms with Crippen molar-refractivity contribution in [3.63, 3.8) is 0 Å². The van der Waals surface area contributed by atoms with E-state index in [2.05, 4.69) is 26.2 Å². The van der Waals surface area contributed by atoms with E-state index in [0.29, 0.717) is 21.4 Å². The molecule has 0 saturated heterocycles. The number of carbonyl (C=O) groups excluding carboxylic acids is 1. The molecule has 0 atom stereocenters. The van der Waals surface area contributed by atoms with E-state index in [1.54, 1.807) is 18.5 Å². The minimum atomic E-state index is -0.879. The molecule has 0 spiro atoms. The van der Waals surface area contributed by atoms with Gasteiger partial charge in [0, 0.05) is 17.6 Å². The highest BCUT2D eigenvalue weighted by molar-refractivity contribution is 9.10. The molecule has 0 aliphatic carbocycles. The normalized spacial score (nSPS) is 11.0. The van der Waals surface area contributed by atoms with E-state index in [1.165, 1.54) is 15.9 Å². The summed E-state index contributed by atoms with van der Waals surface area (Å²) < 4.78 is 28.3. The van der Waals surface area contributed by atoms with Gasteiger partial charge in [-0.05, 0) is 33.4 Å². The Morgan fingerprint density at radius 1 is 1.44 bits per heavy atom. The molecule has 1 aromatic carbocycles.